The fraction of sp³-hybridized carbons (Fsp3) is 0.727. The molecule has 1 N–H and O–H groups in total. The van der Waals surface area contributed by atoms with Gasteiger partial charge in [0.2, 0.25) is 14.2 Å². The summed E-state index contributed by atoms with van der Waals surface area (Å²) >= 11 is 5.25. The van der Waals surface area contributed by atoms with E-state index in [0.29, 0.717) is 5.92 Å². The average molecular weight is 258 g/mol. The van der Waals surface area contributed by atoms with E-state index in [1.165, 1.54) is 0 Å². The Kier molecular flexibility index (Phi) is 4.01. The van der Waals surface area contributed by atoms with Gasteiger partial charge >= 0.3 is 0 Å². The Morgan fingerprint density at radius 1 is 1.38 bits per heavy atom. The number of nitrogens with one attached hydrogen (secondary N) is 1. The lowest BCUT2D eigenvalue weighted by Gasteiger charge is -2.20. The highest BCUT2D eigenvalue weighted by molar-refractivity contribution is 7.71. The van der Waals surface area contributed by atoms with Gasteiger partial charge in [-0.05, 0) is 44.2 Å². The standard InChI is InChI=1S/C11H22N2OSSi/c1-8(2)7-9-10(14-16(4,5)6)13(3)11(15)12-9/h8H,7H2,1-6H3,(H,12,15). The van der Waals surface area contributed by atoms with Crippen molar-refractivity contribution in [3.05, 3.63) is 10.5 Å². The molecule has 0 saturated heterocycles. The Hall–Kier alpha value is -0.553. The average Bonchev–Trinajstić information content (AvgIpc) is 2.30. The second-order valence-electron chi connectivity index (χ2n) is 5.59. The van der Waals surface area contributed by atoms with Crippen LogP contribution in [0.5, 0.6) is 5.88 Å². The number of hydrogen-bond donors (Lipinski definition) is 1. The van der Waals surface area contributed by atoms with E-state index in [9.17, 15) is 0 Å². The van der Waals surface area contributed by atoms with Crippen LogP contribution >= 0.6 is 12.2 Å². The van der Waals surface area contributed by atoms with Crippen molar-refractivity contribution in [2.45, 2.75) is 39.9 Å². The number of aromatic amines is 1. The van der Waals surface area contributed by atoms with Crippen LogP contribution in [0.4, 0.5) is 0 Å². The smallest absolute Gasteiger partial charge is 0.244 e. The maximum Gasteiger partial charge on any atom is 0.244 e. The molecule has 5 heteroatoms. The molecule has 1 heterocycles. The largest absolute Gasteiger partial charge is 0.531 e. The van der Waals surface area contributed by atoms with E-state index in [2.05, 4.69) is 38.5 Å². The lowest BCUT2D eigenvalue weighted by molar-refractivity contribution is 0.492. The lowest BCUT2D eigenvalue weighted by Crippen LogP contribution is -2.30. The van der Waals surface area contributed by atoms with Gasteiger partial charge in [-0.1, -0.05) is 13.8 Å². The molecule has 0 aliphatic heterocycles. The van der Waals surface area contributed by atoms with E-state index in [-0.39, 0.29) is 0 Å². The maximum absolute atomic E-state index is 6.09. The SMILES string of the molecule is CC(C)Cc1[nH]c(=S)n(C)c1O[Si](C)(C)C. The third-order valence-corrected chi connectivity index (χ3v) is 3.32. The Labute approximate surface area is 104 Å². The predicted octanol–water partition coefficient (Wildman–Crippen LogP) is 3.49. The highest BCUT2D eigenvalue weighted by Crippen LogP contribution is 2.23. The number of H-pyrrole nitrogens is 1. The predicted molar refractivity (Wildman–Crippen MR) is 73.1 cm³/mol. The first-order valence-electron chi connectivity index (χ1n) is 5.67. The summed E-state index contributed by atoms with van der Waals surface area (Å²) in [6, 6.07) is 0. The molecule has 0 aliphatic carbocycles. The summed E-state index contributed by atoms with van der Waals surface area (Å²) in [5, 5.41) is 0. The van der Waals surface area contributed by atoms with Gasteiger partial charge in [-0.2, -0.15) is 0 Å². The molecule has 1 aromatic heterocycles. The van der Waals surface area contributed by atoms with Crippen molar-refractivity contribution >= 4 is 20.5 Å². The Bertz CT molecular complexity index is 415. The molecular weight excluding hydrogens is 236 g/mol. The van der Waals surface area contributed by atoms with Gasteiger partial charge in [0.15, 0.2) is 4.77 Å². The summed E-state index contributed by atoms with van der Waals surface area (Å²) in [4.78, 5) is 3.24. The zero-order valence-corrected chi connectivity index (χ0v) is 12.9. The Balaban J connectivity index is 3.09. The molecule has 0 spiro atoms. The van der Waals surface area contributed by atoms with Crippen LogP contribution in [-0.2, 0) is 13.5 Å². The quantitative estimate of drug-likeness (QED) is 0.662. The summed E-state index contributed by atoms with van der Waals surface area (Å²) in [7, 11) is 0.371. The number of rotatable bonds is 4. The van der Waals surface area contributed by atoms with Gasteiger partial charge in [0, 0.05) is 7.05 Å². The van der Waals surface area contributed by atoms with Crippen molar-refractivity contribution in [1.82, 2.24) is 9.55 Å². The zero-order valence-electron chi connectivity index (χ0n) is 11.0. The number of aromatic nitrogens is 2. The van der Waals surface area contributed by atoms with Crippen molar-refractivity contribution in [3.8, 4) is 5.88 Å². The van der Waals surface area contributed by atoms with Crippen molar-refractivity contribution in [3.63, 3.8) is 0 Å². The topological polar surface area (TPSA) is 29.9 Å². The summed E-state index contributed by atoms with van der Waals surface area (Å²) < 4.78 is 8.76. The molecule has 1 rings (SSSR count). The minimum absolute atomic E-state index is 0.594. The van der Waals surface area contributed by atoms with Gasteiger partial charge in [-0.25, -0.2) is 0 Å². The molecule has 0 amide bonds. The number of imidazole rings is 1. The van der Waals surface area contributed by atoms with E-state index in [4.69, 9.17) is 16.6 Å². The fourth-order valence-corrected chi connectivity index (χ4v) is 2.57. The molecule has 3 nitrogen and oxygen atoms in total. The monoisotopic (exact) mass is 258 g/mol. The molecule has 0 bridgehead atoms. The third kappa shape index (κ3) is 3.49. The van der Waals surface area contributed by atoms with Crippen LogP contribution < -0.4 is 4.43 Å². The molecule has 0 unspecified atom stereocenters. The molecule has 1 aromatic rings. The molecule has 0 fully saturated rings. The minimum Gasteiger partial charge on any atom is -0.531 e. The van der Waals surface area contributed by atoms with Gasteiger partial charge in [0.25, 0.3) is 0 Å². The van der Waals surface area contributed by atoms with Crippen LogP contribution in [0, 0.1) is 10.7 Å². The number of hydrogen-bond acceptors (Lipinski definition) is 2. The second kappa shape index (κ2) is 4.75. The van der Waals surface area contributed by atoms with Crippen molar-refractivity contribution in [2.24, 2.45) is 13.0 Å². The molecule has 16 heavy (non-hydrogen) atoms. The summed E-state index contributed by atoms with van der Waals surface area (Å²) in [6.45, 7) is 10.9. The van der Waals surface area contributed by atoms with Crippen LogP contribution in [0.2, 0.25) is 19.6 Å². The Morgan fingerprint density at radius 2 is 1.94 bits per heavy atom. The van der Waals surface area contributed by atoms with E-state index in [1.54, 1.807) is 0 Å². The molecule has 0 aromatic carbocycles. The molecule has 92 valence electrons. The van der Waals surface area contributed by atoms with Crippen molar-refractivity contribution in [2.75, 3.05) is 0 Å². The van der Waals surface area contributed by atoms with Gasteiger partial charge in [0.1, 0.15) is 0 Å². The van der Waals surface area contributed by atoms with Crippen LogP contribution in [0.25, 0.3) is 0 Å². The van der Waals surface area contributed by atoms with Crippen molar-refractivity contribution in [1.29, 1.82) is 0 Å². The second-order valence-corrected chi connectivity index (χ2v) is 10.4. The Morgan fingerprint density at radius 3 is 2.38 bits per heavy atom. The highest BCUT2D eigenvalue weighted by atomic mass is 32.1. The summed E-state index contributed by atoms with van der Waals surface area (Å²) in [5.41, 5.74) is 1.13. The van der Waals surface area contributed by atoms with Gasteiger partial charge in [0.05, 0.1) is 5.69 Å². The first-order valence-corrected chi connectivity index (χ1v) is 9.49. The highest BCUT2D eigenvalue weighted by Gasteiger charge is 2.21. The third-order valence-electron chi connectivity index (χ3n) is 2.14. The fourth-order valence-electron chi connectivity index (χ4n) is 1.53. The molecule has 0 radical (unpaired) electrons. The van der Waals surface area contributed by atoms with Crippen LogP contribution in [0.1, 0.15) is 19.5 Å². The lowest BCUT2D eigenvalue weighted by atomic mass is 10.1. The molecule has 0 aliphatic rings. The van der Waals surface area contributed by atoms with Crippen LogP contribution in [0.15, 0.2) is 0 Å². The first-order chi connectivity index (χ1) is 7.20. The van der Waals surface area contributed by atoms with Crippen LogP contribution in [-0.4, -0.2) is 17.9 Å². The van der Waals surface area contributed by atoms with Gasteiger partial charge in [-0.15, -0.1) is 0 Å². The van der Waals surface area contributed by atoms with E-state index < -0.39 is 8.32 Å². The van der Waals surface area contributed by atoms with Crippen LogP contribution in [0.3, 0.4) is 0 Å². The maximum atomic E-state index is 6.09. The molecule has 0 atom stereocenters. The summed E-state index contributed by atoms with van der Waals surface area (Å²) in [6.07, 6.45) is 0.976. The molecule has 0 saturated carbocycles. The minimum atomic E-state index is -1.59. The molecular formula is C11H22N2OSSi. The summed E-state index contributed by atoms with van der Waals surface area (Å²) in [5.74, 6) is 1.52. The van der Waals surface area contributed by atoms with E-state index >= 15 is 0 Å². The van der Waals surface area contributed by atoms with E-state index in [1.807, 2.05) is 11.6 Å². The van der Waals surface area contributed by atoms with Gasteiger partial charge < -0.3 is 9.41 Å². The zero-order chi connectivity index (χ0) is 12.5. The first kappa shape index (κ1) is 13.5. The number of nitrogens with zero attached hydrogens (tertiary/aromatic N) is 1. The van der Waals surface area contributed by atoms with Gasteiger partial charge in [-0.3, -0.25) is 4.57 Å². The van der Waals surface area contributed by atoms with Crippen molar-refractivity contribution < 1.29 is 4.43 Å². The van der Waals surface area contributed by atoms with E-state index in [0.717, 1.165) is 22.8 Å². The normalized spacial score (nSPS) is 12.2.